The quantitative estimate of drug-likeness (QED) is 0.571. The van der Waals surface area contributed by atoms with E-state index in [0.29, 0.717) is 24.0 Å². The van der Waals surface area contributed by atoms with Gasteiger partial charge in [-0.25, -0.2) is 4.98 Å². The highest BCUT2D eigenvalue weighted by Gasteiger charge is 2.22. The van der Waals surface area contributed by atoms with Gasteiger partial charge in [0.1, 0.15) is 23.8 Å². The van der Waals surface area contributed by atoms with Crippen molar-refractivity contribution in [1.82, 2.24) is 9.88 Å². The molecule has 2 heterocycles. The summed E-state index contributed by atoms with van der Waals surface area (Å²) in [5, 5.41) is 0. The number of hydrogen-bond donors (Lipinski definition) is 0. The maximum atomic E-state index is 12.8. The van der Waals surface area contributed by atoms with Crippen LogP contribution in [0.3, 0.4) is 0 Å². The molecule has 1 aromatic heterocycles. The van der Waals surface area contributed by atoms with Gasteiger partial charge in [0.2, 0.25) is 5.89 Å². The second-order valence-corrected chi connectivity index (χ2v) is 8.20. The second-order valence-electron chi connectivity index (χ2n) is 8.20. The molecule has 1 aliphatic rings. The monoisotopic (exact) mass is 404 g/mol. The van der Waals surface area contributed by atoms with E-state index in [1.54, 1.807) is 0 Å². The van der Waals surface area contributed by atoms with Gasteiger partial charge in [0.15, 0.2) is 0 Å². The number of oxazole rings is 1. The molecule has 156 valence electrons. The Morgan fingerprint density at radius 2 is 1.87 bits per heavy atom. The van der Waals surface area contributed by atoms with E-state index in [1.807, 2.05) is 67.3 Å². The number of likely N-dealkylation sites (tertiary alicyclic amines) is 1. The Kier molecular flexibility index (Phi) is 5.88. The highest BCUT2D eigenvalue weighted by atomic mass is 16.5. The average Bonchev–Trinajstić information content (AvgIpc) is 3.13. The third kappa shape index (κ3) is 4.56. The van der Waals surface area contributed by atoms with Crippen LogP contribution < -0.4 is 4.74 Å². The van der Waals surface area contributed by atoms with E-state index in [9.17, 15) is 4.79 Å². The number of benzene rings is 2. The summed E-state index contributed by atoms with van der Waals surface area (Å²) in [6.45, 7) is 8.16. The summed E-state index contributed by atoms with van der Waals surface area (Å²) in [5.41, 5.74) is 3.52. The number of amides is 1. The summed E-state index contributed by atoms with van der Waals surface area (Å²) in [7, 11) is 0. The van der Waals surface area contributed by atoms with Gasteiger partial charge in [0, 0.05) is 24.2 Å². The lowest BCUT2D eigenvalue weighted by Gasteiger charge is -2.31. The molecule has 1 aliphatic heterocycles. The Bertz CT molecular complexity index is 1010. The van der Waals surface area contributed by atoms with Crippen LogP contribution in [0.25, 0.3) is 11.5 Å². The zero-order chi connectivity index (χ0) is 21.1. The smallest absolute Gasteiger partial charge is 0.253 e. The summed E-state index contributed by atoms with van der Waals surface area (Å²) >= 11 is 0. The number of nitrogens with zero attached hydrogens (tertiary/aromatic N) is 2. The SMILES string of the molecule is Cc1ccc(OCc2nc(-c3ccc(C(=O)N4CCCC(C)C4)cc3)oc2C)cc1. The van der Waals surface area contributed by atoms with Gasteiger partial charge < -0.3 is 14.1 Å². The van der Waals surface area contributed by atoms with Crippen molar-refractivity contribution >= 4 is 5.91 Å². The molecule has 0 aliphatic carbocycles. The van der Waals surface area contributed by atoms with Crippen LogP contribution in [0.2, 0.25) is 0 Å². The van der Waals surface area contributed by atoms with Crippen LogP contribution in [-0.2, 0) is 6.61 Å². The fraction of sp³-hybridized carbons (Fsp3) is 0.360. The first-order valence-electron chi connectivity index (χ1n) is 10.5. The first-order valence-corrected chi connectivity index (χ1v) is 10.5. The van der Waals surface area contributed by atoms with Crippen LogP contribution in [0, 0.1) is 19.8 Å². The van der Waals surface area contributed by atoms with E-state index in [2.05, 4.69) is 11.9 Å². The largest absolute Gasteiger partial charge is 0.487 e. The van der Waals surface area contributed by atoms with E-state index < -0.39 is 0 Å². The molecule has 0 spiro atoms. The standard InChI is InChI=1S/C25H28N2O3/c1-17-6-12-22(13-7-17)29-16-23-19(3)30-24(26-23)20-8-10-21(11-9-20)25(28)27-14-4-5-18(2)15-27/h6-13,18H,4-5,14-16H2,1-3H3. The summed E-state index contributed by atoms with van der Waals surface area (Å²) in [4.78, 5) is 19.3. The van der Waals surface area contributed by atoms with E-state index in [0.717, 1.165) is 42.3 Å². The first-order chi connectivity index (χ1) is 14.5. The second kappa shape index (κ2) is 8.74. The molecule has 3 aromatic rings. The number of aromatic nitrogens is 1. The van der Waals surface area contributed by atoms with E-state index >= 15 is 0 Å². The molecule has 5 heteroatoms. The fourth-order valence-electron chi connectivity index (χ4n) is 3.78. The minimum atomic E-state index is 0.101. The molecule has 0 saturated carbocycles. The number of ether oxygens (including phenoxy) is 1. The van der Waals surface area contributed by atoms with Crippen LogP contribution in [0.15, 0.2) is 52.9 Å². The van der Waals surface area contributed by atoms with Crippen molar-refractivity contribution < 1.29 is 13.9 Å². The Morgan fingerprint density at radius 3 is 2.57 bits per heavy atom. The zero-order valence-corrected chi connectivity index (χ0v) is 17.9. The zero-order valence-electron chi connectivity index (χ0n) is 17.9. The first kappa shape index (κ1) is 20.2. The molecular weight excluding hydrogens is 376 g/mol. The number of piperidine rings is 1. The van der Waals surface area contributed by atoms with Crippen molar-refractivity contribution in [2.24, 2.45) is 5.92 Å². The van der Waals surface area contributed by atoms with Crippen molar-refractivity contribution in [1.29, 1.82) is 0 Å². The molecule has 30 heavy (non-hydrogen) atoms. The molecule has 1 unspecified atom stereocenters. The van der Waals surface area contributed by atoms with Gasteiger partial charge in [0.05, 0.1) is 0 Å². The van der Waals surface area contributed by atoms with Crippen LogP contribution in [-0.4, -0.2) is 28.9 Å². The van der Waals surface area contributed by atoms with Crippen molar-refractivity contribution in [2.75, 3.05) is 13.1 Å². The van der Waals surface area contributed by atoms with Crippen LogP contribution in [0.1, 0.15) is 47.1 Å². The maximum absolute atomic E-state index is 12.8. The third-order valence-corrected chi connectivity index (χ3v) is 5.61. The molecule has 0 bridgehead atoms. The van der Waals surface area contributed by atoms with Gasteiger partial charge in [-0.3, -0.25) is 4.79 Å². The Hall–Kier alpha value is -3.08. The van der Waals surface area contributed by atoms with Gasteiger partial charge in [-0.15, -0.1) is 0 Å². The van der Waals surface area contributed by atoms with Crippen molar-refractivity contribution in [3.05, 3.63) is 71.1 Å². The summed E-state index contributed by atoms with van der Waals surface area (Å²) < 4.78 is 11.7. The Balaban J connectivity index is 1.43. The van der Waals surface area contributed by atoms with Crippen LogP contribution in [0.4, 0.5) is 0 Å². The number of hydrogen-bond acceptors (Lipinski definition) is 4. The highest BCUT2D eigenvalue weighted by Crippen LogP contribution is 2.24. The van der Waals surface area contributed by atoms with Crippen molar-refractivity contribution in [3.8, 4) is 17.2 Å². The number of carbonyl (C=O) groups excluding carboxylic acids is 1. The molecule has 4 rings (SSSR count). The predicted octanol–water partition coefficient (Wildman–Crippen LogP) is 5.41. The molecule has 5 nitrogen and oxygen atoms in total. The fourth-order valence-corrected chi connectivity index (χ4v) is 3.78. The van der Waals surface area contributed by atoms with Gasteiger partial charge >= 0.3 is 0 Å². The lowest BCUT2D eigenvalue weighted by atomic mass is 9.99. The summed E-state index contributed by atoms with van der Waals surface area (Å²) in [5.74, 6) is 2.75. The summed E-state index contributed by atoms with van der Waals surface area (Å²) in [6.07, 6.45) is 2.27. The third-order valence-electron chi connectivity index (χ3n) is 5.61. The van der Waals surface area contributed by atoms with Crippen molar-refractivity contribution in [2.45, 2.75) is 40.2 Å². The normalized spacial score (nSPS) is 16.5. The maximum Gasteiger partial charge on any atom is 0.253 e. The molecule has 1 amide bonds. The van der Waals surface area contributed by atoms with Crippen molar-refractivity contribution in [3.63, 3.8) is 0 Å². The number of rotatable bonds is 5. The minimum absolute atomic E-state index is 0.101. The molecule has 0 radical (unpaired) electrons. The number of aryl methyl sites for hydroxylation is 2. The van der Waals surface area contributed by atoms with E-state index in [1.165, 1.54) is 12.0 Å². The molecule has 1 saturated heterocycles. The number of carbonyl (C=O) groups is 1. The molecule has 0 N–H and O–H groups in total. The molecule has 1 atom stereocenters. The Labute approximate surface area is 177 Å². The van der Waals surface area contributed by atoms with Gasteiger partial charge in [-0.05, 0) is 69.0 Å². The predicted molar refractivity (Wildman–Crippen MR) is 116 cm³/mol. The van der Waals surface area contributed by atoms with Crippen LogP contribution in [0.5, 0.6) is 5.75 Å². The lowest BCUT2D eigenvalue weighted by molar-refractivity contribution is 0.0683. The topological polar surface area (TPSA) is 55.6 Å². The highest BCUT2D eigenvalue weighted by molar-refractivity contribution is 5.94. The Morgan fingerprint density at radius 1 is 1.13 bits per heavy atom. The van der Waals surface area contributed by atoms with Gasteiger partial charge in [-0.2, -0.15) is 0 Å². The minimum Gasteiger partial charge on any atom is -0.487 e. The summed E-state index contributed by atoms with van der Waals surface area (Å²) in [6, 6.07) is 15.5. The molecule has 2 aromatic carbocycles. The average molecular weight is 405 g/mol. The van der Waals surface area contributed by atoms with E-state index in [-0.39, 0.29) is 5.91 Å². The molecule has 1 fully saturated rings. The van der Waals surface area contributed by atoms with Crippen LogP contribution >= 0.6 is 0 Å². The molecular formula is C25H28N2O3. The lowest BCUT2D eigenvalue weighted by Crippen LogP contribution is -2.39. The van der Waals surface area contributed by atoms with Gasteiger partial charge in [0.25, 0.3) is 5.91 Å². The van der Waals surface area contributed by atoms with Gasteiger partial charge in [-0.1, -0.05) is 24.6 Å². The van der Waals surface area contributed by atoms with E-state index in [4.69, 9.17) is 9.15 Å².